The Morgan fingerprint density at radius 3 is 2.24 bits per heavy atom. The van der Waals surface area contributed by atoms with Crippen molar-refractivity contribution in [3.63, 3.8) is 0 Å². The second-order valence-corrected chi connectivity index (χ2v) is 9.15. The van der Waals surface area contributed by atoms with Crippen LogP contribution in [0, 0.1) is 5.82 Å². The van der Waals surface area contributed by atoms with Crippen LogP contribution in [0.5, 0.6) is 0 Å². The molecule has 37 heavy (non-hydrogen) atoms. The lowest BCUT2D eigenvalue weighted by Gasteiger charge is -2.14. The number of amides is 2. The number of aromatic nitrogens is 3. The third-order valence-electron chi connectivity index (χ3n) is 6.43. The molecule has 1 N–H and O–H groups in total. The molecule has 1 aliphatic heterocycles. The molecule has 2 aromatic carbocycles. The molecule has 5 rings (SSSR count). The van der Waals surface area contributed by atoms with Crippen LogP contribution in [0.15, 0.2) is 83.9 Å². The van der Waals surface area contributed by atoms with Gasteiger partial charge in [0.05, 0.1) is 16.9 Å². The van der Waals surface area contributed by atoms with E-state index in [1.807, 2.05) is 45.0 Å². The van der Waals surface area contributed by atoms with E-state index in [0.29, 0.717) is 11.4 Å². The maximum atomic E-state index is 14.0. The molecule has 8 heteroatoms. The van der Waals surface area contributed by atoms with Crippen LogP contribution in [0.1, 0.15) is 43.5 Å². The highest BCUT2D eigenvalue weighted by atomic mass is 19.1. The quantitative estimate of drug-likeness (QED) is 0.320. The van der Waals surface area contributed by atoms with E-state index in [1.54, 1.807) is 35.2 Å². The summed E-state index contributed by atoms with van der Waals surface area (Å²) < 4.78 is 16.6. The van der Waals surface area contributed by atoms with E-state index in [0.717, 1.165) is 16.9 Å². The number of carbonyl (C=O) groups is 2. The van der Waals surface area contributed by atoms with Crippen LogP contribution in [0.25, 0.3) is 17.0 Å². The molecule has 3 heterocycles. The Morgan fingerprint density at radius 2 is 1.59 bits per heavy atom. The topological polar surface area (TPSA) is 79.1 Å². The number of rotatable bonds is 6. The van der Waals surface area contributed by atoms with Crippen molar-refractivity contribution in [1.82, 2.24) is 9.78 Å². The minimum absolute atomic E-state index is 0.00668. The third kappa shape index (κ3) is 4.10. The molecule has 1 aliphatic rings. The van der Waals surface area contributed by atoms with Crippen molar-refractivity contribution in [3.8, 4) is 5.69 Å². The van der Waals surface area contributed by atoms with E-state index in [-0.39, 0.29) is 28.4 Å². The molecule has 0 spiro atoms. The maximum absolute atomic E-state index is 14.0. The molecule has 0 atom stereocenters. The van der Waals surface area contributed by atoms with Crippen LogP contribution in [-0.2, 0) is 16.0 Å². The average molecular weight is 498 g/mol. The zero-order chi connectivity index (χ0) is 26.3. The van der Waals surface area contributed by atoms with Crippen LogP contribution in [0.2, 0.25) is 0 Å². The zero-order valence-electron chi connectivity index (χ0n) is 20.7. The van der Waals surface area contributed by atoms with Crippen LogP contribution in [-0.4, -0.2) is 21.6 Å². The van der Waals surface area contributed by atoms with E-state index in [2.05, 4.69) is 5.10 Å². The Labute approximate surface area is 213 Å². The molecule has 7 nitrogen and oxygen atoms in total. The Balaban J connectivity index is 1.81. The molecule has 2 amide bonds. The number of imide groups is 1. The van der Waals surface area contributed by atoms with Crippen molar-refractivity contribution in [2.45, 2.75) is 33.1 Å². The molecule has 2 aromatic heterocycles. The van der Waals surface area contributed by atoms with E-state index in [1.165, 1.54) is 28.9 Å². The number of carbonyl (C=O) groups excluding carboxylic acids is 2. The minimum atomic E-state index is -0.640. The normalized spacial score (nSPS) is 13.8. The standard InChI is InChI=1S/C29H25FN4O3/c1-4-19-9-8-16-32(17-19)26-24(27(35)33(29(26)37)21-14-12-20(30)13-15-21)23-25(18(2)3)31-34(28(23)36)22-10-6-5-7-11-22/h5-18H,4H2,1-3H3/p+1. The van der Waals surface area contributed by atoms with Gasteiger partial charge in [0, 0.05) is 17.3 Å². The Bertz CT molecular complexity index is 1600. The highest BCUT2D eigenvalue weighted by Crippen LogP contribution is 2.35. The van der Waals surface area contributed by atoms with Crippen molar-refractivity contribution >= 4 is 28.8 Å². The third-order valence-corrected chi connectivity index (χ3v) is 6.43. The molecule has 0 radical (unpaired) electrons. The lowest BCUT2D eigenvalue weighted by Crippen LogP contribution is -2.40. The van der Waals surface area contributed by atoms with E-state index in [4.69, 9.17) is 0 Å². The lowest BCUT2D eigenvalue weighted by molar-refractivity contribution is -0.577. The smallest absolute Gasteiger partial charge is 0.294 e. The number of anilines is 1. The molecule has 0 saturated heterocycles. The summed E-state index contributed by atoms with van der Waals surface area (Å²) in [6, 6.07) is 17.9. The number of hydrogen-bond acceptors (Lipinski definition) is 3. The van der Waals surface area contributed by atoms with Gasteiger partial charge in [0.15, 0.2) is 12.4 Å². The summed E-state index contributed by atoms with van der Waals surface area (Å²) in [6.45, 7) is 5.81. The SMILES string of the molecule is CCc1ccc[n+](C2=C(c3c(C(C)C)[nH]n(-c4ccccc4)c3=O)C(=O)N(c3ccc(F)cc3)C2=O)c1. The number of pyridine rings is 1. The minimum Gasteiger partial charge on any atom is -0.294 e. The molecule has 186 valence electrons. The summed E-state index contributed by atoms with van der Waals surface area (Å²) in [5, 5.41) is 3.16. The van der Waals surface area contributed by atoms with Crippen LogP contribution in [0.3, 0.4) is 0 Å². The molecular weight excluding hydrogens is 471 g/mol. The molecule has 0 bridgehead atoms. The lowest BCUT2D eigenvalue weighted by atomic mass is 9.98. The maximum Gasteiger partial charge on any atom is 0.331 e. The van der Waals surface area contributed by atoms with E-state index < -0.39 is 23.2 Å². The molecule has 0 unspecified atom stereocenters. The van der Waals surface area contributed by atoms with Crippen molar-refractivity contribution in [2.24, 2.45) is 0 Å². The van der Waals surface area contributed by atoms with E-state index >= 15 is 0 Å². The second-order valence-electron chi connectivity index (χ2n) is 9.15. The summed E-state index contributed by atoms with van der Waals surface area (Å²) in [5.74, 6) is -1.87. The molecule has 0 fully saturated rings. The number of H-pyrrole nitrogens is 1. The summed E-state index contributed by atoms with van der Waals surface area (Å²) in [5.41, 5.74) is 2.11. The highest BCUT2D eigenvalue weighted by Gasteiger charge is 2.48. The summed E-state index contributed by atoms with van der Waals surface area (Å²) >= 11 is 0. The first-order valence-corrected chi connectivity index (χ1v) is 12.1. The number of nitrogens with one attached hydrogen (secondary N) is 1. The van der Waals surface area contributed by atoms with Gasteiger partial charge in [-0.15, -0.1) is 0 Å². The number of benzene rings is 2. The van der Waals surface area contributed by atoms with Gasteiger partial charge >= 0.3 is 5.91 Å². The Morgan fingerprint density at radius 1 is 0.892 bits per heavy atom. The fourth-order valence-electron chi connectivity index (χ4n) is 4.55. The van der Waals surface area contributed by atoms with Gasteiger partial charge in [0.2, 0.25) is 0 Å². The molecule has 4 aromatic rings. The monoisotopic (exact) mass is 497 g/mol. The van der Waals surface area contributed by atoms with Gasteiger partial charge < -0.3 is 0 Å². The van der Waals surface area contributed by atoms with Gasteiger partial charge in [0.25, 0.3) is 17.2 Å². The fourth-order valence-corrected chi connectivity index (χ4v) is 4.55. The average Bonchev–Trinajstić information content (AvgIpc) is 3.38. The first-order valence-electron chi connectivity index (χ1n) is 12.1. The number of aromatic amines is 1. The van der Waals surface area contributed by atoms with Gasteiger partial charge in [-0.05, 0) is 54.8 Å². The highest BCUT2D eigenvalue weighted by molar-refractivity contribution is 6.53. The van der Waals surface area contributed by atoms with Gasteiger partial charge in [0.1, 0.15) is 11.4 Å². The predicted octanol–water partition coefficient (Wildman–Crippen LogP) is 4.22. The van der Waals surface area contributed by atoms with Gasteiger partial charge in [-0.2, -0.15) is 4.57 Å². The first-order chi connectivity index (χ1) is 17.8. The second kappa shape index (κ2) is 9.46. The molecule has 0 saturated carbocycles. The van der Waals surface area contributed by atoms with Gasteiger partial charge in [-0.3, -0.25) is 19.5 Å². The molecular formula is C29H26FN4O3+. The summed E-state index contributed by atoms with van der Waals surface area (Å²) in [4.78, 5) is 42.7. The van der Waals surface area contributed by atoms with E-state index in [9.17, 15) is 18.8 Å². The first kappa shape index (κ1) is 24.1. The van der Waals surface area contributed by atoms with Crippen LogP contribution < -0.4 is 15.0 Å². The fraction of sp³-hybridized carbons (Fsp3) is 0.172. The summed E-state index contributed by atoms with van der Waals surface area (Å²) in [7, 11) is 0. The number of halogens is 1. The Kier molecular flexibility index (Phi) is 6.17. The largest absolute Gasteiger partial charge is 0.331 e. The van der Waals surface area contributed by atoms with Crippen molar-refractivity contribution in [1.29, 1.82) is 0 Å². The van der Waals surface area contributed by atoms with Crippen molar-refractivity contribution in [3.05, 3.63) is 112 Å². The van der Waals surface area contributed by atoms with Crippen LogP contribution in [0.4, 0.5) is 10.1 Å². The predicted molar refractivity (Wildman–Crippen MR) is 138 cm³/mol. The Hall–Kier alpha value is -4.59. The zero-order valence-corrected chi connectivity index (χ0v) is 20.7. The summed E-state index contributed by atoms with van der Waals surface area (Å²) in [6.07, 6.45) is 4.19. The van der Waals surface area contributed by atoms with Gasteiger partial charge in [-0.1, -0.05) is 39.0 Å². The van der Waals surface area contributed by atoms with Crippen molar-refractivity contribution < 1.29 is 18.5 Å². The van der Waals surface area contributed by atoms with Crippen LogP contribution >= 0.6 is 0 Å². The number of aryl methyl sites for hydroxylation is 1. The number of nitrogens with zero attached hydrogens (tertiary/aromatic N) is 3. The number of para-hydroxylation sites is 1. The van der Waals surface area contributed by atoms with Crippen molar-refractivity contribution in [2.75, 3.05) is 4.90 Å². The molecule has 0 aliphatic carbocycles. The van der Waals surface area contributed by atoms with Gasteiger partial charge in [-0.25, -0.2) is 14.0 Å². The number of hydrogen-bond donors (Lipinski definition) is 1.